The monoisotopic (exact) mass is 214 g/mol. The number of aromatic nitrogens is 1. The van der Waals surface area contributed by atoms with Crippen LogP contribution in [0.1, 0.15) is 66.5 Å². The summed E-state index contributed by atoms with van der Waals surface area (Å²) in [5, 5.41) is 0. The lowest BCUT2D eigenvalue weighted by Crippen LogP contribution is -2.15. The first kappa shape index (κ1) is 9.03. The third-order valence-corrected chi connectivity index (χ3v) is 4.81. The molecule has 3 aliphatic carbocycles. The molecule has 0 spiro atoms. The first-order valence-electron chi connectivity index (χ1n) is 6.65. The van der Waals surface area contributed by atoms with Gasteiger partial charge in [-0.1, -0.05) is 0 Å². The molecular formula is C14H18N2. The van der Waals surface area contributed by atoms with E-state index in [-0.39, 0.29) is 0 Å². The molecule has 3 aliphatic rings. The smallest absolute Gasteiger partial charge is 0.0493 e. The molecule has 1 heterocycles. The predicted octanol–water partition coefficient (Wildman–Crippen LogP) is 2.91. The van der Waals surface area contributed by atoms with E-state index < -0.39 is 0 Å². The third-order valence-electron chi connectivity index (χ3n) is 4.81. The minimum atomic E-state index is 0.745. The highest BCUT2D eigenvalue weighted by molar-refractivity contribution is 5.62. The van der Waals surface area contributed by atoms with E-state index >= 15 is 0 Å². The number of rotatable bonds is 0. The average Bonchev–Trinajstić information content (AvgIpc) is 2.90. The molecule has 2 nitrogen and oxygen atoms in total. The number of hydrogen-bond acceptors (Lipinski definition) is 2. The van der Waals surface area contributed by atoms with Gasteiger partial charge in [-0.05, 0) is 56.4 Å². The van der Waals surface area contributed by atoms with Crippen molar-refractivity contribution >= 4 is 5.69 Å². The largest absolute Gasteiger partial charge is 0.398 e. The Hall–Kier alpha value is -1.05. The number of nitrogen functional groups attached to an aromatic ring is 1. The van der Waals surface area contributed by atoms with Crippen molar-refractivity contribution in [2.75, 3.05) is 5.73 Å². The van der Waals surface area contributed by atoms with Gasteiger partial charge < -0.3 is 5.73 Å². The summed E-state index contributed by atoms with van der Waals surface area (Å²) in [7, 11) is 0. The molecule has 0 radical (unpaired) electrons. The van der Waals surface area contributed by atoms with E-state index in [4.69, 9.17) is 10.7 Å². The molecule has 0 saturated heterocycles. The maximum absolute atomic E-state index is 6.40. The Morgan fingerprint density at radius 3 is 2.81 bits per heavy atom. The summed E-state index contributed by atoms with van der Waals surface area (Å²) < 4.78 is 0. The highest BCUT2D eigenvalue weighted by atomic mass is 14.8. The molecule has 16 heavy (non-hydrogen) atoms. The SMILES string of the molecule is Nc1c2c(nc3c1C1CCC3C1)CCCC2. The van der Waals surface area contributed by atoms with E-state index in [1.54, 1.807) is 0 Å². The number of fused-ring (bicyclic) bond motifs is 6. The molecule has 1 fully saturated rings. The second-order valence-corrected chi connectivity index (χ2v) is 5.66. The molecule has 1 saturated carbocycles. The number of pyridine rings is 1. The Labute approximate surface area is 96.3 Å². The minimum Gasteiger partial charge on any atom is -0.398 e. The zero-order valence-electron chi connectivity index (χ0n) is 9.63. The molecule has 4 rings (SSSR count). The summed E-state index contributed by atoms with van der Waals surface area (Å²) in [5.41, 5.74) is 13.1. The van der Waals surface area contributed by atoms with Gasteiger partial charge in [0, 0.05) is 28.6 Å². The Kier molecular flexibility index (Phi) is 1.69. The van der Waals surface area contributed by atoms with Crippen LogP contribution in [0.25, 0.3) is 0 Å². The number of hydrogen-bond donors (Lipinski definition) is 1. The Balaban J connectivity index is 1.96. The second-order valence-electron chi connectivity index (χ2n) is 5.66. The van der Waals surface area contributed by atoms with E-state index in [9.17, 15) is 0 Å². The van der Waals surface area contributed by atoms with Crippen LogP contribution in [0.2, 0.25) is 0 Å². The van der Waals surface area contributed by atoms with Gasteiger partial charge in [-0.15, -0.1) is 0 Å². The van der Waals surface area contributed by atoms with Gasteiger partial charge >= 0.3 is 0 Å². The quantitative estimate of drug-likeness (QED) is 0.721. The van der Waals surface area contributed by atoms with Crippen molar-refractivity contribution in [1.29, 1.82) is 0 Å². The summed E-state index contributed by atoms with van der Waals surface area (Å²) >= 11 is 0. The van der Waals surface area contributed by atoms with Crippen molar-refractivity contribution in [2.45, 2.75) is 56.8 Å². The molecule has 1 aromatic heterocycles. The average molecular weight is 214 g/mol. The highest BCUT2D eigenvalue weighted by Crippen LogP contribution is 2.55. The molecule has 0 aliphatic heterocycles. The first-order valence-corrected chi connectivity index (χ1v) is 6.65. The van der Waals surface area contributed by atoms with Crippen molar-refractivity contribution in [2.24, 2.45) is 0 Å². The van der Waals surface area contributed by atoms with Crippen LogP contribution in [0.15, 0.2) is 0 Å². The van der Waals surface area contributed by atoms with Gasteiger partial charge in [-0.3, -0.25) is 4.98 Å². The van der Waals surface area contributed by atoms with Crippen LogP contribution < -0.4 is 5.73 Å². The number of nitrogens with two attached hydrogens (primary N) is 1. The van der Waals surface area contributed by atoms with Crippen molar-refractivity contribution in [3.05, 3.63) is 22.5 Å². The molecule has 2 N–H and O–H groups in total. The second kappa shape index (κ2) is 2.99. The molecule has 0 amide bonds. The van der Waals surface area contributed by atoms with Crippen LogP contribution >= 0.6 is 0 Å². The van der Waals surface area contributed by atoms with Crippen molar-refractivity contribution in [3.63, 3.8) is 0 Å². The van der Waals surface area contributed by atoms with E-state index in [1.807, 2.05) is 0 Å². The number of aryl methyl sites for hydroxylation is 1. The molecule has 2 heteroatoms. The van der Waals surface area contributed by atoms with Crippen LogP contribution in [0.4, 0.5) is 5.69 Å². The van der Waals surface area contributed by atoms with Gasteiger partial charge in [-0.25, -0.2) is 0 Å². The van der Waals surface area contributed by atoms with Crippen LogP contribution in [-0.2, 0) is 12.8 Å². The lowest BCUT2D eigenvalue weighted by molar-refractivity contribution is 0.641. The highest BCUT2D eigenvalue weighted by Gasteiger charge is 2.40. The van der Waals surface area contributed by atoms with Crippen molar-refractivity contribution in [3.8, 4) is 0 Å². The topological polar surface area (TPSA) is 38.9 Å². The molecular weight excluding hydrogens is 196 g/mol. The van der Waals surface area contributed by atoms with Crippen LogP contribution in [-0.4, -0.2) is 4.98 Å². The van der Waals surface area contributed by atoms with E-state index in [1.165, 1.54) is 61.0 Å². The van der Waals surface area contributed by atoms with Gasteiger partial charge in [-0.2, -0.15) is 0 Å². The van der Waals surface area contributed by atoms with Gasteiger partial charge in [0.2, 0.25) is 0 Å². The summed E-state index contributed by atoms with van der Waals surface area (Å²) in [6.07, 6.45) is 8.95. The van der Waals surface area contributed by atoms with Gasteiger partial charge in [0.1, 0.15) is 0 Å². The molecule has 2 bridgehead atoms. The van der Waals surface area contributed by atoms with E-state index in [2.05, 4.69) is 0 Å². The molecule has 1 aromatic rings. The Morgan fingerprint density at radius 1 is 1.06 bits per heavy atom. The lowest BCUT2D eigenvalue weighted by Gasteiger charge is -2.24. The van der Waals surface area contributed by atoms with Crippen LogP contribution in [0.3, 0.4) is 0 Å². The fourth-order valence-corrected chi connectivity index (χ4v) is 4.04. The zero-order valence-corrected chi connectivity index (χ0v) is 9.63. The molecule has 2 atom stereocenters. The summed E-state index contributed by atoms with van der Waals surface area (Å²) in [4.78, 5) is 4.96. The lowest BCUT2D eigenvalue weighted by atomic mass is 9.87. The predicted molar refractivity (Wildman–Crippen MR) is 64.6 cm³/mol. The fourth-order valence-electron chi connectivity index (χ4n) is 4.04. The van der Waals surface area contributed by atoms with Gasteiger partial charge in [0.25, 0.3) is 0 Å². The third kappa shape index (κ3) is 1.00. The summed E-state index contributed by atoms with van der Waals surface area (Å²) in [6, 6.07) is 0. The van der Waals surface area contributed by atoms with Gasteiger partial charge in [0.15, 0.2) is 0 Å². The standard InChI is InChI=1S/C14H18N2/c15-13-10-3-1-2-4-11(10)16-14-9-6-5-8(7-9)12(13)14/h8-9H,1-7H2,(H2,15,16). The summed E-state index contributed by atoms with van der Waals surface area (Å²) in [5.74, 6) is 1.49. The van der Waals surface area contributed by atoms with E-state index in [0.717, 1.165) is 23.9 Å². The number of nitrogens with zero attached hydrogens (tertiary/aromatic N) is 1. The normalized spacial score (nSPS) is 30.2. The van der Waals surface area contributed by atoms with E-state index in [0.29, 0.717) is 0 Å². The fraction of sp³-hybridized carbons (Fsp3) is 0.643. The zero-order chi connectivity index (χ0) is 10.7. The van der Waals surface area contributed by atoms with Crippen LogP contribution in [0, 0.1) is 0 Å². The number of anilines is 1. The Bertz CT molecular complexity index is 464. The maximum Gasteiger partial charge on any atom is 0.0493 e. The first-order chi connectivity index (χ1) is 7.84. The maximum atomic E-state index is 6.40. The molecule has 0 aromatic carbocycles. The molecule has 2 unspecified atom stereocenters. The van der Waals surface area contributed by atoms with Crippen LogP contribution in [0.5, 0.6) is 0 Å². The summed E-state index contributed by atoms with van der Waals surface area (Å²) in [6.45, 7) is 0. The Morgan fingerprint density at radius 2 is 1.88 bits per heavy atom. The van der Waals surface area contributed by atoms with Crippen molar-refractivity contribution < 1.29 is 0 Å². The molecule has 84 valence electrons. The van der Waals surface area contributed by atoms with Gasteiger partial charge in [0.05, 0.1) is 0 Å². The minimum absolute atomic E-state index is 0.745. The van der Waals surface area contributed by atoms with Crippen molar-refractivity contribution in [1.82, 2.24) is 4.98 Å².